The van der Waals surface area contributed by atoms with Crippen LogP contribution in [0.3, 0.4) is 0 Å². The van der Waals surface area contributed by atoms with Gasteiger partial charge in [0, 0.05) is 60.8 Å². The molecular weight excluding hydrogens is 468 g/mol. The molecule has 9 nitrogen and oxygen atoms in total. The molecule has 0 aliphatic heterocycles. The van der Waals surface area contributed by atoms with Gasteiger partial charge in [-0.05, 0) is 36.4 Å². The van der Waals surface area contributed by atoms with Crippen LogP contribution in [0.25, 0.3) is 22.3 Å². The summed E-state index contributed by atoms with van der Waals surface area (Å²) in [6.07, 6.45) is 7.36. The maximum Gasteiger partial charge on any atom is 0.245 e. The van der Waals surface area contributed by atoms with E-state index in [0.29, 0.717) is 22.8 Å². The quantitative estimate of drug-likeness (QED) is 0.330. The number of fused-ring (bicyclic) bond motifs is 1. The summed E-state index contributed by atoms with van der Waals surface area (Å²) in [5.41, 5.74) is 4.70. The number of pyridine rings is 1. The normalized spacial score (nSPS) is 10.8. The smallest absolute Gasteiger partial charge is 0.245 e. The summed E-state index contributed by atoms with van der Waals surface area (Å²) in [5.74, 6) is 1.46. The Balaban J connectivity index is 1.56. The lowest BCUT2D eigenvalue weighted by Crippen LogP contribution is -2.30. The number of carbonyl (C=O) groups excluding carboxylic acids is 1. The lowest BCUT2D eigenvalue weighted by atomic mass is 10.2. The van der Waals surface area contributed by atoms with E-state index in [1.54, 1.807) is 44.8 Å². The van der Waals surface area contributed by atoms with Gasteiger partial charge >= 0.3 is 0 Å². The van der Waals surface area contributed by atoms with Crippen molar-refractivity contribution in [1.82, 2.24) is 19.5 Å². The molecule has 1 amide bonds. The predicted octanol–water partition coefficient (Wildman–Crippen LogP) is 4.82. The second-order valence-electron chi connectivity index (χ2n) is 8.41. The standard InChI is InChI=1S/C28H26N6O3/c1-33-11-9-19(17-33)26-16-30-24-8-7-20(14-25(24)31-26)34(18-28(35)32-27-6-4-5-10-29-27)21-12-22(36-2)15-23(13-21)37-3/h4-17H,18H2,1-3H3,(H,29,32,35). The first kappa shape index (κ1) is 23.8. The van der Waals surface area contributed by atoms with Gasteiger partial charge in [-0.2, -0.15) is 0 Å². The van der Waals surface area contributed by atoms with Crippen molar-refractivity contribution in [3.05, 3.63) is 85.5 Å². The second kappa shape index (κ2) is 10.4. The summed E-state index contributed by atoms with van der Waals surface area (Å²) in [6.45, 7) is 0.0181. The number of carbonyl (C=O) groups is 1. The number of hydrogen-bond acceptors (Lipinski definition) is 7. The summed E-state index contributed by atoms with van der Waals surface area (Å²) in [7, 11) is 5.15. The van der Waals surface area contributed by atoms with Crippen LogP contribution in [0.15, 0.2) is 85.5 Å². The molecule has 0 unspecified atom stereocenters. The molecule has 186 valence electrons. The Morgan fingerprint density at radius 1 is 0.946 bits per heavy atom. The molecule has 0 spiro atoms. The molecule has 0 saturated carbocycles. The van der Waals surface area contributed by atoms with Crippen LogP contribution in [-0.2, 0) is 11.8 Å². The number of hydrogen-bond donors (Lipinski definition) is 1. The fraction of sp³-hybridized carbons (Fsp3) is 0.143. The van der Waals surface area contributed by atoms with Crippen molar-refractivity contribution in [2.24, 2.45) is 7.05 Å². The second-order valence-corrected chi connectivity index (χ2v) is 8.41. The van der Waals surface area contributed by atoms with E-state index in [4.69, 9.17) is 14.5 Å². The van der Waals surface area contributed by atoms with Crippen molar-refractivity contribution in [2.75, 3.05) is 31.0 Å². The maximum atomic E-state index is 13.1. The molecule has 2 aromatic carbocycles. The SMILES string of the molecule is COc1cc(OC)cc(N(CC(=O)Nc2ccccn2)c2ccc3ncc(-c4ccn(C)c4)nc3c2)c1. The van der Waals surface area contributed by atoms with Crippen LogP contribution in [0.5, 0.6) is 11.5 Å². The topological polar surface area (TPSA) is 94.4 Å². The Morgan fingerprint density at radius 3 is 2.43 bits per heavy atom. The van der Waals surface area contributed by atoms with Gasteiger partial charge in [0.25, 0.3) is 0 Å². The fourth-order valence-electron chi connectivity index (χ4n) is 4.00. The molecule has 0 atom stereocenters. The number of methoxy groups -OCH3 is 2. The molecule has 1 N–H and O–H groups in total. The minimum Gasteiger partial charge on any atom is -0.497 e. The highest BCUT2D eigenvalue weighted by Crippen LogP contribution is 2.34. The Morgan fingerprint density at radius 2 is 1.76 bits per heavy atom. The van der Waals surface area contributed by atoms with Gasteiger partial charge in [-0.15, -0.1) is 0 Å². The molecule has 37 heavy (non-hydrogen) atoms. The van der Waals surface area contributed by atoms with Gasteiger partial charge < -0.3 is 24.3 Å². The molecular formula is C28H26N6O3. The minimum atomic E-state index is -0.232. The zero-order valence-electron chi connectivity index (χ0n) is 20.8. The van der Waals surface area contributed by atoms with Crippen LogP contribution in [-0.4, -0.2) is 46.2 Å². The van der Waals surface area contributed by atoms with Crippen LogP contribution in [0.2, 0.25) is 0 Å². The van der Waals surface area contributed by atoms with Crippen LogP contribution in [0.1, 0.15) is 0 Å². The predicted molar refractivity (Wildman–Crippen MR) is 143 cm³/mol. The largest absolute Gasteiger partial charge is 0.497 e. The molecule has 0 aliphatic rings. The number of nitrogens with one attached hydrogen (secondary N) is 1. The average molecular weight is 495 g/mol. The number of rotatable bonds is 8. The Labute approximate surface area is 214 Å². The summed E-state index contributed by atoms with van der Waals surface area (Å²) < 4.78 is 12.9. The average Bonchev–Trinajstić information content (AvgIpc) is 3.37. The van der Waals surface area contributed by atoms with Crippen LogP contribution in [0, 0.1) is 0 Å². The first-order valence-electron chi connectivity index (χ1n) is 11.6. The van der Waals surface area contributed by atoms with E-state index in [1.807, 2.05) is 71.4 Å². The summed E-state index contributed by atoms with van der Waals surface area (Å²) >= 11 is 0. The molecule has 5 aromatic rings. The zero-order chi connectivity index (χ0) is 25.8. The van der Waals surface area contributed by atoms with Crippen molar-refractivity contribution < 1.29 is 14.3 Å². The van der Waals surface area contributed by atoms with Gasteiger partial charge in [-0.25, -0.2) is 9.97 Å². The Hall–Kier alpha value is -4.92. The summed E-state index contributed by atoms with van der Waals surface area (Å²) in [5, 5.41) is 2.85. The lowest BCUT2D eigenvalue weighted by Gasteiger charge is -2.25. The molecule has 0 fully saturated rings. The third kappa shape index (κ3) is 5.35. The Kier molecular flexibility index (Phi) is 6.67. The van der Waals surface area contributed by atoms with E-state index >= 15 is 0 Å². The van der Waals surface area contributed by atoms with E-state index in [0.717, 1.165) is 28.1 Å². The van der Waals surface area contributed by atoms with Crippen molar-refractivity contribution >= 4 is 34.1 Å². The number of aryl methyl sites for hydroxylation is 1. The first-order chi connectivity index (χ1) is 18.0. The lowest BCUT2D eigenvalue weighted by molar-refractivity contribution is -0.114. The molecule has 0 bridgehead atoms. The number of amides is 1. The van der Waals surface area contributed by atoms with Crippen molar-refractivity contribution in [3.63, 3.8) is 0 Å². The van der Waals surface area contributed by atoms with Gasteiger partial charge in [0.05, 0.1) is 37.1 Å². The van der Waals surface area contributed by atoms with Crippen LogP contribution in [0.4, 0.5) is 17.2 Å². The third-order valence-electron chi connectivity index (χ3n) is 5.85. The highest BCUT2D eigenvalue weighted by atomic mass is 16.5. The van der Waals surface area contributed by atoms with E-state index in [-0.39, 0.29) is 12.5 Å². The van der Waals surface area contributed by atoms with E-state index in [9.17, 15) is 4.79 Å². The molecule has 5 rings (SSSR count). The van der Waals surface area contributed by atoms with Gasteiger partial charge in [-0.1, -0.05) is 6.07 Å². The van der Waals surface area contributed by atoms with Crippen molar-refractivity contribution in [1.29, 1.82) is 0 Å². The van der Waals surface area contributed by atoms with Crippen molar-refractivity contribution in [3.8, 4) is 22.8 Å². The third-order valence-corrected chi connectivity index (χ3v) is 5.85. The van der Waals surface area contributed by atoms with Gasteiger partial charge in [0.2, 0.25) is 5.91 Å². The number of benzene rings is 2. The van der Waals surface area contributed by atoms with Crippen molar-refractivity contribution in [2.45, 2.75) is 0 Å². The number of anilines is 3. The molecule has 0 aliphatic carbocycles. The molecule has 0 radical (unpaired) electrons. The monoisotopic (exact) mass is 494 g/mol. The maximum absolute atomic E-state index is 13.1. The fourth-order valence-corrected chi connectivity index (χ4v) is 4.00. The molecule has 9 heteroatoms. The number of aromatic nitrogens is 4. The van der Waals surface area contributed by atoms with Gasteiger partial charge in [-0.3, -0.25) is 9.78 Å². The van der Waals surface area contributed by atoms with E-state index < -0.39 is 0 Å². The van der Waals surface area contributed by atoms with E-state index in [1.165, 1.54) is 0 Å². The highest BCUT2D eigenvalue weighted by Gasteiger charge is 2.18. The molecule has 0 saturated heterocycles. The van der Waals surface area contributed by atoms with Gasteiger partial charge in [0.1, 0.15) is 23.9 Å². The molecule has 3 aromatic heterocycles. The van der Waals surface area contributed by atoms with Crippen LogP contribution < -0.4 is 19.7 Å². The first-order valence-corrected chi connectivity index (χ1v) is 11.6. The number of nitrogens with zero attached hydrogens (tertiary/aromatic N) is 5. The highest BCUT2D eigenvalue weighted by molar-refractivity contribution is 5.95. The number of ether oxygens (including phenoxy) is 2. The van der Waals surface area contributed by atoms with Crippen LogP contribution >= 0.6 is 0 Å². The zero-order valence-corrected chi connectivity index (χ0v) is 20.8. The summed E-state index contributed by atoms with van der Waals surface area (Å²) in [4.78, 5) is 28.6. The Bertz CT molecular complexity index is 1530. The minimum absolute atomic E-state index is 0.0181. The van der Waals surface area contributed by atoms with Gasteiger partial charge in [0.15, 0.2) is 0 Å². The van der Waals surface area contributed by atoms with E-state index in [2.05, 4.69) is 15.3 Å². The summed E-state index contributed by atoms with van der Waals surface area (Å²) in [6, 6.07) is 18.6. The molecule has 3 heterocycles.